The SMILES string of the molecule is CCCCCCCCc1cc(-c2cc(CCCCCCCC)on2)no1. The molecule has 0 radical (unpaired) electrons. The Kier molecular flexibility index (Phi) is 10.1. The number of hydrogen-bond acceptors (Lipinski definition) is 4. The first kappa shape index (κ1) is 20.7. The van der Waals surface area contributed by atoms with Crippen molar-refractivity contribution in [2.45, 2.75) is 104 Å². The predicted molar refractivity (Wildman–Crippen MR) is 106 cm³/mol. The highest BCUT2D eigenvalue weighted by atomic mass is 16.5. The molecule has 146 valence electrons. The van der Waals surface area contributed by atoms with Crippen molar-refractivity contribution in [1.29, 1.82) is 0 Å². The van der Waals surface area contributed by atoms with Crippen LogP contribution in [-0.4, -0.2) is 10.3 Å². The maximum Gasteiger partial charge on any atom is 0.137 e. The summed E-state index contributed by atoms with van der Waals surface area (Å²) < 4.78 is 10.9. The summed E-state index contributed by atoms with van der Waals surface area (Å²) in [6.07, 6.45) is 17.4. The van der Waals surface area contributed by atoms with Gasteiger partial charge >= 0.3 is 0 Å². The summed E-state index contributed by atoms with van der Waals surface area (Å²) in [5.41, 5.74) is 1.59. The fourth-order valence-corrected chi connectivity index (χ4v) is 3.26. The van der Waals surface area contributed by atoms with Crippen LogP contribution in [0.1, 0.15) is 102 Å². The van der Waals surface area contributed by atoms with E-state index in [1.807, 2.05) is 12.1 Å². The van der Waals surface area contributed by atoms with Crippen molar-refractivity contribution in [3.8, 4) is 11.4 Å². The maximum absolute atomic E-state index is 5.46. The third-order valence-electron chi connectivity index (χ3n) is 4.93. The largest absolute Gasteiger partial charge is 0.361 e. The molecule has 26 heavy (non-hydrogen) atoms. The van der Waals surface area contributed by atoms with E-state index in [-0.39, 0.29) is 0 Å². The number of rotatable bonds is 15. The highest BCUT2D eigenvalue weighted by molar-refractivity contribution is 5.53. The van der Waals surface area contributed by atoms with Gasteiger partial charge in [-0.05, 0) is 12.8 Å². The van der Waals surface area contributed by atoms with Gasteiger partial charge in [0.1, 0.15) is 22.9 Å². The number of hydrogen-bond donors (Lipinski definition) is 0. The summed E-state index contributed by atoms with van der Waals surface area (Å²) in [6, 6.07) is 4.02. The normalized spacial score (nSPS) is 11.3. The number of unbranched alkanes of at least 4 members (excludes halogenated alkanes) is 10. The van der Waals surface area contributed by atoms with Gasteiger partial charge in [-0.1, -0.05) is 88.4 Å². The molecule has 0 spiro atoms. The highest BCUT2D eigenvalue weighted by Gasteiger charge is 2.12. The molecule has 0 N–H and O–H groups in total. The molecule has 2 aromatic heterocycles. The molecule has 0 atom stereocenters. The van der Waals surface area contributed by atoms with Gasteiger partial charge in [-0.3, -0.25) is 0 Å². The Hall–Kier alpha value is -1.58. The van der Waals surface area contributed by atoms with Crippen LogP contribution in [-0.2, 0) is 12.8 Å². The smallest absolute Gasteiger partial charge is 0.137 e. The third kappa shape index (κ3) is 7.76. The van der Waals surface area contributed by atoms with Crippen LogP contribution < -0.4 is 0 Å². The molecule has 0 aliphatic rings. The Labute approximate surface area is 158 Å². The van der Waals surface area contributed by atoms with E-state index < -0.39 is 0 Å². The summed E-state index contributed by atoms with van der Waals surface area (Å²) in [5, 5.41) is 8.32. The van der Waals surface area contributed by atoms with Crippen LogP contribution in [0.4, 0.5) is 0 Å². The molecule has 2 heterocycles. The maximum atomic E-state index is 5.46. The van der Waals surface area contributed by atoms with Crippen LogP contribution in [0.25, 0.3) is 11.4 Å². The quantitative estimate of drug-likeness (QED) is 0.317. The van der Waals surface area contributed by atoms with E-state index in [9.17, 15) is 0 Å². The fraction of sp³-hybridized carbons (Fsp3) is 0.727. The van der Waals surface area contributed by atoms with E-state index in [0.29, 0.717) is 0 Å². The average molecular weight is 361 g/mol. The number of aryl methyl sites for hydroxylation is 2. The van der Waals surface area contributed by atoms with Gasteiger partial charge in [0.25, 0.3) is 0 Å². The Morgan fingerprint density at radius 1 is 0.577 bits per heavy atom. The molecule has 0 aliphatic heterocycles. The topological polar surface area (TPSA) is 52.1 Å². The molecule has 0 aliphatic carbocycles. The van der Waals surface area contributed by atoms with Crippen molar-refractivity contribution in [3.05, 3.63) is 23.7 Å². The molecule has 4 nitrogen and oxygen atoms in total. The lowest BCUT2D eigenvalue weighted by Gasteiger charge is -1.98. The number of aromatic nitrogens is 2. The van der Waals surface area contributed by atoms with Gasteiger partial charge in [0.2, 0.25) is 0 Å². The van der Waals surface area contributed by atoms with E-state index in [2.05, 4.69) is 24.2 Å². The molecule has 2 rings (SSSR count). The molecule has 0 aromatic carbocycles. The van der Waals surface area contributed by atoms with Gasteiger partial charge in [-0.2, -0.15) is 0 Å². The van der Waals surface area contributed by atoms with Crippen LogP contribution in [0.3, 0.4) is 0 Å². The Bertz CT molecular complexity index is 536. The van der Waals surface area contributed by atoms with Crippen LogP contribution in [0.2, 0.25) is 0 Å². The summed E-state index contributed by atoms with van der Waals surface area (Å²) in [5.74, 6) is 1.91. The van der Waals surface area contributed by atoms with E-state index in [1.54, 1.807) is 0 Å². The second-order valence-corrected chi connectivity index (χ2v) is 7.39. The lowest BCUT2D eigenvalue weighted by atomic mass is 10.1. The standard InChI is InChI=1S/C22H36N2O2/c1-3-5-7-9-11-13-15-19-17-21(23-25-19)22-18-20(26-24-22)16-14-12-10-8-6-4-2/h17-18H,3-16H2,1-2H3. The Balaban J connectivity index is 1.67. The minimum Gasteiger partial charge on any atom is -0.361 e. The minimum absolute atomic E-state index is 0.795. The summed E-state index contributed by atoms with van der Waals surface area (Å²) in [4.78, 5) is 0. The van der Waals surface area contributed by atoms with Gasteiger partial charge < -0.3 is 9.05 Å². The summed E-state index contributed by atoms with van der Waals surface area (Å²) >= 11 is 0. The zero-order valence-corrected chi connectivity index (χ0v) is 16.8. The fourth-order valence-electron chi connectivity index (χ4n) is 3.26. The van der Waals surface area contributed by atoms with Crippen LogP contribution in [0, 0.1) is 0 Å². The zero-order valence-electron chi connectivity index (χ0n) is 16.8. The molecular weight excluding hydrogens is 324 g/mol. The van der Waals surface area contributed by atoms with Crippen LogP contribution in [0.5, 0.6) is 0 Å². The highest BCUT2D eigenvalue weighted by Crippen LogP contribution is 2.21. The summed E-state index contributed by atoms with van der Waals surface area (Å²) in [7, 11) is 0. The zero-order chi connectivity index (χ0) is 18.5. The summed E-state index contributed by atoms with van der Waals surface area (Å²) in [6.45, 7) is 4.50. The number of nitrogens with zero attached hydrogens (tertiary/aromatic N) is 2. The second-order valence-electron chi connectivity index (χ2n) is 7.39. The Morgan fingerprint density at radius 2 is 0.962 bits per heavy atom. The van der Waals surface area contributed by atoms with Crippen LogP contribution in [0.15, 0.2) is 21.2 Å². The second kappa shape index (κ2) is 12.7. The van der Waals surface area contributed by atoms with E-state index in [1.165, 1.54) is 77.0 Å². The van der Waals surface area contributed by atoms with Crippen molar-refractivity contribution in [2.75, 3.05) is 0 Å². The van der Waals surface area contributed by atoms with Gasteiger partial charge in [0.15, 0.2) is 0 Å². The molecule has 0 fully saturated rings. The average Bonchev–Trinajstić information content (AvgIpc) is 3.30. The van der Waals surface area contributed by atoms with Crippen molar-refractivity contribution < 1.29 is 9.05 Å². The molecule has 4 heteroatoms. The van der Waals surface area contributed by atoms with E-state index in [4.69, 9.17) is 9.05 Å². The van der Waals surface area contributed by atoms with Crippen molar-refractivity contribution in [3.63, 3.8) is 0 Å². The predicted octanol–water partition coefficient (Wildman–Crippen LogP) is 7.14. The van der Waals surface area contributed by atoms with E-state index >= 15 is 0 Å². The van der Waals surface area contributed by atoms with Gasteiger partial charge in [-0.25, -0.2) is 0 Å². The molecule has 0 saturated heterocycles. The lowest BCUT2D eigenvalue weighted by molar-refractivity contribution is 0.373. The molecule has 0 unspecified atom stereocenters. The molecule has 2 aromatic rings. The lowest BCUT2D eigenvalue weighted by Crippen LogP contribution is -1.84. The van der Waals surface area contributed by atoms with Gasteiger partial charge in [-0.15, -0.1) is 0 Å². The first-order valence-electron chi connectivity index (χ1n) is 10.7. The van der Waals surface area contributed by atoms with Crippen LogP contribution >= 0.6 is 0 Å². The van der Waals surface area contributed by atoms with Crippen molar-refractivity contribution in [2.24, 2.45) is 0 Å². The molecule has 0 saturated carbocycles. The minimum atomic E-state index is 0.795. The molecular formula is C22H36N2O2. The van der Waals surface area contributed by atoms with E-state index in [0.717, 1.165) is 35.7 Å². The first-order valence-corrected chi connectivity index (χ1v) is 10.7. The third-order valence-corrected chi connectivity index (χ3v) is 4.93. The van der Waals surface area contributed by atoms with Gasteiger partial charge in [0, 0.05) is 25.0 Å². The van der Waals surface area contributed by atoms with Gasteiger partial charge in [0.05, 0.1) is 0 Å². The molecule has 0 amide bonds. The molecule has 0 bridgehead atoms. The van der Waals surface area contributed by atoms with Crippen molar-refractivity contribution >= 4 is 0 Å². The van der Waals surface area contributed by atoms with Crippen molar-refractivity contribution in [1.82, 2.24) is 10.3 Å². The first-order chi connectivity index (χ1) is 12.8. The Morgan fingerprint density at radius 3 is 1.38 bits per heavy atom. The monoisotopic (exact) mass is 360 g/mol.